The quantitative estimate of drug-likeness (QED) is 0.735. The molecular formula is C21H22ClN3O. The zero-order chi connectivity index (χ0) is 17.9. The van der Waals surface area contributed by atoms with Crippen molar-refractivity contribution in [2.45, 2.75) is 12.5 Å². The molecule has 1 aromatic heterocycles. The number of nitrogens with zero attached hydrogens (tertiary/aromatic N) is 2. The fourth-order valence-corrected chi connectivity index (χ4v) is 3.87. The zero-order valence-corrected chi connectivity index (χ0v) is 15.3. The molecule has 5 heteroatoms. The van der Waals surface area contributed by atoms with Crippen LogP contribution in [0.25, 0.3) is 11.5 Å². The van der Waals surface area contributed by atoms with Gasteiger partial charge in [-0.3, -0.25) is 4.90 Å². The number of nitrogens with two attached hydrogens (primary N) is 1. The van der Waals surface area contributed by atoms with E-state index in [1.54, 1.807) is 6.26 Å². The van der Waals surface area contributed by atoms with Crippen LogP contribution in [0.1, 0.15) is 17.2 Å². The number of halogens is 1. The van der Waals surface area contributed by atoms with E-state index < -0.39 is 0 Å². The first-order valence-corrected chi connectivity index (χ1v) is 9.28. The third-order valence-corrected chi connectivity index (χ3v) is 5.33. The lowest BCUT2D eigenvalue weighted by Crippen LogP contribution is -2.23. The first-order chi connectivity index (χ1) is 12.7. The highest BCUT2D eigenvalue weighted by Crippen LogP contribution is 2.33. The van der Waals surface area contributed by atoms with Gasteiger partial charge in [0.05, 0.1) is 5.69 Å². The SMILES string of the molecule is NC[C@@H]1CN(Cc2coc(-c3ccc(Cl)cc3)n2)C[C@H]1c1ccccc1. The second-order valence-corrected chi connectivity index (χ2v) is 7.29. The molecule has 26 heavy (non-hydrogen) atoms. The fraction of sp³-hybridized carbons (Fsp3) is 0.286. The Kier molecular flexibility index (Phi) is 5.07. The summed E-state index contributed by atoms with van der Waals surface area (Å²) < 4.78 is 5.66. The number of oxazole rings is 1. The average molecular weight is 368 g/mol. The van der Waals surface area contributed by atoms with Crippen molar-refractivity contribution in [3.05, 3.63) is 77.1 Å². The summed E-state index contributed by atoms with van der Waals surface area (Å²) in [6.45, 7) is 3.45. The number of hydrogen-bond donors (Lipinski definition) is 1. The zero-order valence-electron chi connectivity index (χ0n) is 14.5. The molecule has 4 nitrogen and oxygen atoms in total. The lowest BCUT2D eigenvalue weighted by atomic mass is 9.89. The highest BCUT2D eigenvalue weighted by Gasteiger charge is 2.33. The molecule has 134 valence electrons. The molecule has 0 bridgehead atoms. The molecule has 0 unspecified atom stereocenters. The van der Waals surface area contributed by atoms with Crippen molar-refractivity contribution in [3.8, 4) is 11.5 Å². The summed E-state index contributed by atoms with van der Waals surface area (Å²) in [7, 11) is 0. The van der Waals surface area contributed by atoms with Crippen LogP contribution in [0, 0.1) is 5.92 Å². The Bertz CT molecular complexity index is 847. The Morgan fingerprint density at radius 2 is 1.85 bits per heavy atom. The van der Waals surface area contributed by atoms with Gasteiger partial charge >= 0.3 is 0 Å². The summed E-state index contributed by atoms with van der Waals surface area (Å²) in [6.07, 6.45) is 1.75. The molecule has 2 N–H and O–H groups in total. The van der Waals surface area contributed by atoms with E-state index in [9.17, 15) is 0 Å². The number of benzene rings is 2. The molecule has 2 atom stereocenters. The minimum atomic E-state index is 0.472. The van der Waals surface area contributed by atoms with Gasteiger partial charge in [-0.15, -0.1) is 0 Å². The molecule has 0 spiro atoms. The van der Waals surface area contributed by atoms with Crippen LogP contribution in [0.3, 0.4) is 0 Å². The third kappa shape index (κ3) is 3.68. The van der Waals surface area contributed by atoms with Crippen LogP contribution >= 0.6 is 11.6 Å². The summed E-state index contributed by atoms with van der Waals surface area (Å²) in [4.78, 5) is 7.05. The molecule has 0 amide bonds. The van der Waals surface area contributed by atoms with Crippen LogP contribution in [-0.4, -0.2) is 29.5 Å². The van der Waals surface area contributed by atoms with Gasteiger partial charge in [-0.2, -0.15) is 0 Å². The van der Waals surface area contributed by atoms with Crippen molar-refractivity contribution in [2.75, 3.05) is 19.6 Å². The van der Waals surface area contributed by atoms with E-state index in [2.05, 4.69) is 40.2 Å². The van der Waals surface area contributed by atoms with Gasteiger partial charge in [0, 0.05) is 36.1 Å². The molecule has 1 fully saturated rings. The normalized spacial score (nSPS) is 20.5. The van der Waals surface area contributed by atoms with Crippen molar-refractivity contribution < 1.29 is 4.42 Å². The first-order valence-electron chi connectivity index (χ1n) is 8.90. The smallest absolute Gasteiger partial charge is 0.226 e. The van der Waals surface area contributed by atoms with Crippen molar-refractivity contribution in [3.63, 3.8) is 0 Å². The van der Waals surface area contributed by atoms with Gasteiger partial charge in [-0.05, 0) is 42.3 Å². The molecule has 4 rings (SSSR count). The Balaban J connectivity index is 1.46. The van der Waals surface area contributed by atoms with Gasteiger partial charge in [0.1, 0.15) is 6.26 Å². The van der Waals surface area contributed by atoms with Crippen molar-refractivity contribution in [2.24, 2.45) is 11.7 Å². The van der Waals surface area contributed by atoms with Gasteiger partial charge in [0.2, 0.25) is 5.89 Å². The topological polar surface area (TPSA) is 55.3 Å². The summed E-state index contributed by atoms with van der Waals surface area (Å²) >= 11 is 5.94. The van der Waals surface area contributed by atoms with E-state index in [1.807, 2.05) is 24.3 Å². The van der Waals surface area contributed by atoms with Crippen molar-refractivity contribution in [1.29, 1.82) is 0 Å². The Morgan fingerprint density at radius 3 is 2.58 bits per heavy atom. The largest absolute Gasteiger partial charge is 0.444 e. The van der Waals surface area contributed by atoms with E-state index >= 15 is 0 Å². The van der Waals surface area contributed by atoms with Crippen LogP contribution in [0.4, 0.5) is 0 Å². The van der Waals surface area contributed by atoms with Gasteiger partial charge in [-0.25, -0.2) is 4.98 Å². The van der Waals surface area contributed by atoms with Gasteiger partial charge in [0.25, 0.3) is 0 Å². The molecule has 1 aliphatic rings. The molecular weight excluding hydrogens is 346 g/mol. The number of hydrogen-bond acceptors (Lipinski definition) is 4. The highest BCUT2D eigenvalue weighted by atomic mass is 35.5. The molecule has 1 saturated heterocycles. The van der Waals surface area contributed by atoms with E-state index in [-0.39, 0.29) is 0 Å². The minimum Gasteiger partial charge on any atom is -0.444 e. The summed E-state index contributed by atoms with van der Waals surface area (Å²) in [5.74, 6) is 1.58. The van der Waals surface area contributed by atoms with Crippen LogP contribution in [0.5, 0.6) is 0 Å². The molecule has 0 aliphatic carbocycles. The molecule has 2 heterocycles. The van der Waals surface area contributed by atoms with E-state index in [0.29, 0.717) is 29.3 Å². The number of aromatic nitrogens is 1. The molecule has 0 saturated carbocycles. The lowest BCUT2D eigenvalue weighted by molar-refractivity contribution is 0.312. The maximum atomic E-state index is 6.04. The predicted molar refractivity (Wildman–Crippen MR) is 104 cm³/mol. The maximum absolute atomic E-state index is 6.04. The van der Waals surface area contributed by atoms with Crippen LogP contribution in [0.2, 0.25) is 5.02 Å². The predicted octanol–water partition coefficient (Wildman–Crippen LogP) is 4.17. The second kappa shape index (κ2) is 7.62. The van der Waals surface area contributed by atoms with Gasteiger partial charge < -0.3 is 10.2 Å². The van der Waals surface area contributed by atoms with Gasteiger partial charge in [0.15, 0.2) is 0 Å². The monoisotopic (exact) mass is 367 g/mol. The fourth-order valence-electron chi connectivity index (χ4n) is 3.74. The second-order valence-electron chi connectivity index (χ2n) is 6.86. The van der Waals surface area contributed by atoms with Crippen molar-refractivity contribution in [1.82, 2.24) is 9.88 Å². The van der Waals surface area contributed by atoms with Crippen LogP contribution in [0.15, 0.2) is 65.3 Å². The molecule has 3 aromatic rings. The number of rotatable bonds is 5. The molecule has 2 aromatic carbocycles. The first kappa shape index (κ1) is 17.3. The van der Waals surface area contributed by atoms with Crippen molar-refractivity contribution >= 4 is 11.6 Å². The van der Waals surface area contributed by atoms with Gasteiger partial charge in [-0.1, -0.05) is 41.9 Å². The number of likely N-dealkylation sites (tertiary alicyclic amines) is 1. The van der Waals surface area contributed by atoms with E-state index in [4.69, 9.17) is 21.8 Å². The van der Waals surface area contributed by atoms with Crippen LogP contribution in [-0.2, 0) is 6.54 Å². The standard InChI is InChI=1S/C21H22ClN3O/c22-18-8-6-16(7-9-18)21-24-19(14-26-21)12-25-11-17(10-23)20(13-25)15-4-2-1-3-5-15/h1-9,14,17,20H,10-13,23H2/t17-,20+/m1/s1. The van der Waals surface area contributed by atoms with Crippen LogP contribution < -0.4 is 5.73 Å². The highest BCUT2D eigenvalue weighted by molar-refractivity contribution is 6.30. The van der Waals surface area contributed by atoms with E-state index in [0.717, 1.165) is 30.9 Å². The average Bonchev–Trinajstić information content (AvgIpc) is 3.30. The summed E-state index contributed by atoms with van der Waals surface area (Å²) in [6, 6.07) is 18.2. The van der Waals surface area contributed by atoms with E-state index in [1.165, 1.54) is 5.56 Å². The Labute approximate surface area is 158 Å². The molecule has 1 aliphatic heterocycles. The third-order valence-electron chi connectivity index (χ3n) is 5.08. The Hall–Kier alpha value is -2.14. The molecule has 0 radical (unpaired) electrons. The summed E-state index contributed by atoms with van der Waals surface area (Å²) in [5, 5.41) is 0.706. The summed E-state index contributed by atoms with van der Waals surface area (Å²) in [5.41, 5.74) is 9.28. The maximum Gasteiger partial charge on any atom is 0.226 e. The Morgan fingerprint density at radius 1 is 1.08 bits per heavy atom. The lowest BCUT2D eigenvalue weighted by Gasteiger charge is -2.16. The minimum absolute atomic E-state index is 0.472.